The summed E-state index contributed by atoms with van der Waals surface area (Å²) in [5.74, 6) is -0.581. The number of carbonyl (C=O) groups excluding carboxylic acids is 3. The molecule has 1 aliphatic rings. The van der Waals surface area contributed by atoms with Crippen molar-refractivity contribution in [1.29, 1.82) is 0 Å². The van der Waals surface area contributed by atoms with Gasteiger partial charge in [0.1, 0.15) is 0 Å². The second-order valence-electron chi connectivity index (χ2n) is 4.38. The quantitative estimate of drug-likeness (QED) is 0.554. The third kappa shape index (κ3) is 5.04. The Kier molecular flexibility index (Phi) is 7.40. The summed E-state index contributed by atoms with van der Waals surface area (Å²) in [4.78, 5) is 33.5. The number of rotatable bonds is 5. The first kappa shape index (κ1) is 17.7. The van der Waals surface area contributed by atoms with Crippen LogP contribution in [-0.2, 0) is 9.59 Å². The summed E-state index contributed by atoms with van der Waals surface area (Å²) in [5.41, 5.74) is 4.30. The average molecular weight is 293 g/mol. The Hall–Kier alpha value is -1.34. The van der Waals surface area contributed by atoms with E-state index in [1.165, 1.54) is 0 Å². The summed E-state index contributed by atoms with van der Waals surface area (Å²) in [6.07, 6.45) is 2.53. The van der Waals surface area contributed by atoms with Gasteiger partial charge in [0, 0.05) is 13.0 Å². The largest absolute Gasteiger partial charge is 0.354 e. The molecule has 0 aromatic rings. The van der Waals surface area contributed by atoms with Crippen LogP contribution < -0.4 is 21.7 Å². The van der Waals surface area contributed by atoms with Gasteiger partial charge in [-0.25, -0.2) is 4.79 Å². The molecular weight excluding hydrogens is 272 g/mol. The van der Waals surface area contributed by atoms with Crippen LogP contribution in [0.15, 0.2) is 0 Å². The minimum atomic E-state index is -0.881. The maximum absolute atomic E-state index is 12.0. The summed E-state index contributed by atoms with van der Waals surface area (Å²) in [7, 11) is 0. The Balaban J connectivity index is 0.00000324. The molecule has 1 fully saturated rings. The van der Waals surface area contributed by atoms with E-state index in [-0.39, 0.29) is 31.3 Å². The van der Waals surface area contributed by atoms with Gasteiger partial charge in [-0.3, -0.25) is 14.9 Å². The summed E-state index contributed by atoms with van der Waals surface area (Å²) in [6.45, 7) is 2.99. The molecule has 0 aromatic heterocycles. The van der Waals surface area contributed by atoms with E-state index in [1.54, 1.807) is 0 Å². The van der Waals surface area contributed by atoms with Crippen LogP contribution in [0.5, 0.6) is 0 Å². The third-order valence-electron chi connectivity index (χ3n) is 3.18. The molecule has 1 saturated heterocycles. The van der Waals surface area contributed by atoms with Crippen molar-refractivity contribution in [1.82, 2.24) is 16.0 Å². The van der Waals surface area contributed by atoms with Crippen molar-refractivity contribution in [3.05, 3.63) is 0 Å². The minimum absolute atomic E-state index is 0. The molecule has 1 rings (SSSR count). The van der Waals surface area contributed by atoms with Crippen molar-refractivity contribution in [3.63, 3.8) is 0 Å². The maximum atomic E-state index is 12.0. The summed E-state index contributed by atoms with van der Waals surface area (Å²) >= 11 is 0. The van der Waals surface area contributed by atoms with E-state index in [0.717, 1.165) is 19.4 Å². The minimum Gasteiger partial charge on any atom is -0.354 e. The van der Waals surface area contributed by atoms with E-state index >= 15 is 0 Å². The van der Waals surface area contributed by atoms with E-state index < -0.39 is 17.5 Å². The van der Waals surface area contributed by atoms with Crippen molar-refractivity contribution < 1.29 is 14.4 Å². The number of amides is 4. The average Bonchev–Trinajstić information content (AvgIpc) is 2.77. The fraction of sp³-hybridized carbons (Fsp3) is 0.727. The van der Waals surface area contributed by atoms with Gasteiger partial charge in [-0.1, -0.05) is 6.92 Å². The second-order valence-corrected chi connectivity index (χ2v) is 4.38. The fourth-order valence-electron chi connectivity index (χ4n) is 2.12. The normalized spacial score (nSPS) is 21.3. The summed E-state index contributed by atoms with van der Waals surface area (Å²) < 4.78 is 0. The van der Waals surface area contributed by atoms with E-state index in [1.807, 2.05) is 12.2 Å². The zero-order valence-corrected chi connectivity index (χ0v) is 11.8. The molecule has 19 heavy (non-hydrogen) atoms. The Labute approximate surface area is 118 Å². The molecule has 5 N–H and O–H groups in total. The van der Waals surface area contributed by atoms with Crippen LogP contribution in [0.25, 0.3) is 0 Å². The molecule has 8 heteroatoms. The predicted molar refractivity (Wildman–Crippen MR) is 72.9 cm³/mol. The van der Waals surface area contributed by atoms with Crippen molar-refractivity contribution >= 4 is 30.3 Å². The van der Waals surface area contributed by atoms with Crippen LogP contribution >= 0.6 is 12.4 Å². The summed E-state index contributed by atoms with van der Waals surface area (Å²) in [6, 6.07) is -0.881. The first-order valence-electron chi connectivity index (χ1n) is 6.13. The molecule has 1 unspecified atom stereocenters. The Morgan fingerprint density at radius 1 is 1.37 bits per heavy atom. The molecule has 1 heterocycles. The Bertz CT molecular complexity index is 343. The molecule has 0 bridgehead atoms. The van der Waals surface area contributed by atoms with Gasteiger partial charge in [-0.2, -0.15) is 0 Å². The Morgan fingerprint density at radius 3 is 2.53 bits per heavy atom. The van der Waals surface area contributed by atoms with Crippen LogP contribution in [0, 0.1) is 0 Å². The number of hydrogen-bond donors (Lipinski definition) is 4. The number of nitrogens with one attached hydrogen (secondary N) is 3. The first-order valence-corrected chi connectivity index (χ1v) is 6.13. The van der Waals surface area contributed by atoms with E-state index in [0.29, 0.717) is 6.42 Å². The molecule has 0 aromatic carbocycles. The van der Waals surface area contributed by atoms with Crippen LogP contribution in [0.4, 0.5) is 4.79 Å². The molecule has 0 radical (unpaired) electrons. The lowest BCUT2D eigenvalue weighted by Crippen LogP contribution is -2.53. The molecule has 7 nitrogen and oxygen atoms in total. The molecule has 1 aliphatic heterocycles. The van der Waals surface area contributed by atoms with Gasteiger partial charge in [0.05, 0.1) is 5.54 Å². The number of imide groups is 1. The van der Waals surface area contributed by atoms with Gasteiger partial charge in [-0.05, 0) is 25.8 Å². The standard InChI is InChI=1S/C11H20N4O3.ClH/c1-2-11(5-3-6-14-11)9(17)13-7-4-8(16)15-10(12)18;/h14H,2-7H2,1H3,(H,13,17)(H3,12,15,16,18);1H. The van der Waals surface area contributed by atoms with E-state index in [4.69, 9.17) is 5.73 Å². The third-order valence-corrected chi connectivity index (χ3v) is 3.18. The number of carbonyl (C=O) groups is 3. The van der Waals surface area contributed by atoms with Gasteiger partial charge in [-0.15, -0.1) is 12.4 Å². The molecule has 0 aliphatic carbocycles. The zero-order valence-electron chi connectivity index (χ0n) is 11.0. The van der Waals surface area contributed by atoms with Crippen LogP contribution in [0.2, 0.25) is 0 Å². The highest BCUT2D eigenvalue weighted by Crippen LogP contribution is 2.22. The van der Waals surface area contributed by atoms with Gasteiger partial charge in [0.15, 0.2) is 0 Å². The molecule has 4 amide bonds. The van der Waals surface area contributed by atoms with E-state index in [2.05, 4.69) is 10.6 Å². The van der Waals surface area contributed by atoms with Crippen molar-refractivity contribution in [2.75, 3.05) is 13.1 Å². The number of urea groups is 1. The number of nitrogens with two attached hydrogens (primary N) is 1. The van der Waals surface area contributed by atoms with Gasteiger partial charge >= 0.3 is 6.03 Å². The van der Waals surface area contributed by atoms with Crippen molar-refractivity contribution in [3.8, 4) is 0 Å². The lowest BCUT2D eigenvalue weighted by atomic mass is 9.93. The van der Waals surface area contributed by atoms with Gasteiger partial charge < -0.3 is 16.4 Å². The van der Waals surface area contributed by atoms with Gasteiger partial charge in [0.2, 0.25) is 11.8 Å². The molecule has 1 atom stereocenters. The Morgan fingerprint density at radius 2 is 2.05 bits per heavy atom. The van der Waals surface area contributed by atoms with E-state index in [9.17, 15) is 14.4 Å². The number of halogens is 1. The molecule has 0 saturated carbocycles. The monoisotopic (exact) mass is 292 g/mol. The predicted octanol–water partition coefficient (Wildman–Crippen LogP) is -0.358. The maximum Gasteiger partial charge on any atom is 0.318 e. The topological polar surface area (TPSA) is 113 Å². The van der Waals surface area contributed by atoms with Crippen LogP contribution in [0.3, 0.4) is 0 Å². The second kappa shape index (κ2) is 7.96. The fourth-order valence-corrected chi connectivity index (χ4v) is 2.12. The lowest BCUT2D eigenvalue weighted by molar-refractivity contribution is -0.127. The molecule has 0 spiro atoms. The zero-order chi connectivity index (χ0) is 13.6. The van der Waals surface area contributed by atoms with Crippen molar-refractivity contribution in [2.45, 2.75) is 38.1 Å². The van der Waals surface area contributed by atoms with Crippen LogP contribution in [-0.4, -0.2) is 36.5 Å². The van der Waals surface area contributed by atoms with Gasteiger partial charge in [0.25, 0.3) is 0 Å². The highest BCUT2D eigenvalue weighted by Gasteiger charge is 2.38. The summed E-state index contributed by atoms with van der Waals surface area (Å²) in [5, 5.41) is 7.85. The number of primary amides is 1. The van der Waals surface area contributed by atoms with Crippen LogP contribution in [0.1, 0.15) is 32.6 Å². The SMILES string of the molecule is CCC1(C(=O)NCCC(=O)NC(N)=O)CCCN1.Cl. The molecule has 110 valence electrons. The highest BCUT2D eigenvalue weighted by molar-refractivity contribution is 5.94. The first-order chi connectivity index (χ1) is 8.50. The number of hydrogen-bond acceptors (Lipinski definition) is 4. The highest BCUT2D eigenvalue weighted by atomic mass is 35.5. The smallest absolute Gasteiger partial charge is 0.318 e. The lowest BCUT2D eigenvalue weighted by Gasteiger charge is -2.26. The van der Waals surface area contributed by atoms with Crippen molar-refractivity contribution in [2.24, 2.45) is 5.73 Å². The molecular formula is C11H21ClN4O3.